The normalized spacial score (nSPS) is 10.8. The van der Waals surface area contributed by atoms with Gasteiger partial charge in [-0.2, -0.15) is 4.98 Å². The van der Waals surface area contributed by atoms with E-state index in [2.05, 4.69) is 10.1 Å². The minimum absolute atomic E-state index is 0.00733. The van der Waals surface area contributed by atoms with Crippen LogP contribution in [0.15, 0.2) is 30.6 Å². The number of ether oxygens (including phenoxy) is 1. The molecule has 0 radical (unpaired) electrons. The Labute approximate surface area is 101 Å². The van der Waals surface area contributed by atoms with Crippen LogP contribution in [0.4, 0.5) is 8.78 Å². The number of benzene rings is 1. The van der Waals surface area contributed by atoms with Gasteiger partial charge in [0.2, 0.25) is 0 Å². The van der Waals surface area contributed by atoms with E-state index in [1.807, 2.05) is 0 Å². The summed E-state index contributed by atoms with van der Waals surface area (Å²) in [7, 11) is 0. The maximum absolute atomic E-state index is 12.1. The maximum Gasteiger partial charge on any atom is 0.340 e. The Morgan fingerprint density at radius 2 is 2.24 bits per heavy atom. The third-order valence-electron chi connectivity index (χ3n) is 1.85. The predicted octanol–water partition coefficient (Wildman–Crippen LogP) is 2.99. The van der Waals surface area contributed by atoms with Gasteiger partial charge < -0.3 is 4.74 Å². The molecule has 17 heavy (non-hydrogen) atoms. The molecule has 0 aliphatic carbocycles. The lowest BCUT2D eigenvalue weighted by Gasteiger charge is -2.00. The first kappa shape index (κ1) is 11.8. The van der Waals surface area contributed by atoms with Gasteiger partial charge in [0.15, 0.2) is 0 Å². The van der Waals surface area contributed by atoms with Gasteiger partial charge in [0, 0.05) is 5.02 Å². The maximum atomic E-state index is 12.1. The number of hydrogen-bond donors (Lipinski definition) is 0. The number of aromatic nitrogens is 3. The standard InChI is InChI=1S/C10H8ClF2N3O/c11-7-2-1-3-8(4-7)17-10-14-6-16(15-10)5-9(12)13/h1-4,6,9H,5H2. The highest BCUT2D eigenvalue weighted by atomic mass is 35.5. The van der Waals surface area contributed by atoms with Gasteiger partial charge in [-0.25, -0.2) is 13.5 Å². The van der Waals surface area contributed by atoms with Crippen LogP contribution in [0.1, 0.15) is 0 Å². The Morgan fingerprint density at radius 1 is 1.41 bits per heavy atom. The summed E-state index contributed by atoms with van der Waals surface area (Å²) in [5, 5.41) is 4.24. The van der Waals surface area contributed by atoms with E-state index in [9.17, 15) is 8.78 Å². The average Bonchev–Trinajstić information content (AvgIpc) is 2.64. The zero-order chi connectivity index (χ0) is 12.3. The molecule has 4 nitrogen and oxygen atoms in total. The molecule has 2 aromatic rings. The molecule has 0 aliphatic heterocycles. The molecule has 0 bridgehead atoms. The summed E-state index contributed by atoms with van der Waals surface area (Å²) in [5.41, 5.74) is 0. The van der Waals surface area contributed by atoms with E-state index in [0.29, 0.717) is 10.8 Å². The van der Waals surface area contributed by atoms with E-state index in [0.717, 1.165) is 4.68 Å². The van der Waals surface area contributed by atoms with Crippen molar-refractivity contribution in [2.75, 3.05) is 0 Å². The number of hydrogen-bond acceptors (Lipinski definition) is 3. The predicted molar refractivity (Wildman–Crippen MR) is 57.6 cm³/mol. The third-order valence-corrected chi connectivity index (χ3v) is 2.08. The van der Waals surface area contributed by atoms with Gasteiger partial charge in [0.1, 0.15) is 18.6 Å². The SMILES string of the molecule is FC(F)Cn1cnc(Oc2cccc(Cl)c2)n1. The van der Waals surface area contributed by atoms with Crippen molar-refractivity contribution in [3.05, 3.63) is 35.6 Å². The molecule has 0 amide bonds. The van der Waals surface area contributed by atoms with Crippen molar-refractivity contribution in [3.63, 3.8) is 0 Å². The second-order valence-electron chi connectivity index (χ2n) is 3.20. The van der Waals surface area contributed by atoms with Crippen molar-refractivity contribution >= 4 is 11.6 Å². The fraction of sp³-hybridized carbons (Fsp3) is 0.200. The summed E-state index contributed by atoms with van der Waals surface area (Å²) in [6.45, 7) is -0.508. The van der Waals surface area contributed by atoms with Crippen molar-refractivity contribution < 1.29 is 13.5 Å². The van der Waals surface area contributed by atoms with Crippen LogP contribution in [0.3, 0.4) is 0 Å². The molecular formula is C10H8ClF2N3O. The minimum Gasteiger partial charge on any atom is -0.423 e. The zero-order valence-corrected chi connectivity index (χ0v) is 9.31. The first-order chi connectivity index (χ1) is 8.13. The highest BCUT2D eigenvalue weighted by Gasteiger charge is 2.08. The first-order valence-corrected chi connectivity index (χ1v) is 5.12. The lowest BCUT2D eigenvalue weighted by molar-refractivity contribution is 0.121. The largest absolute Gasteiger partial charge is 0.423 e. The van der Waals surface area contributed by atoms with Crippen LogP contribution in [-0.4, -0.2) is 21.2 Å². The molecule has 0 saturated carbocycles. The topological polar surface area (TPSA) is 39.9 Å². The van der Waals surface area contributed by atoms with Gasteiger partial charge in [-0.1, -0.05) is 17.7 Å². The zero-order valence-electron chi connectivity index (χ0n) is 8.55. The van der Waals surface area contributed by atoms with Crippen molar-refractivity contribution in [2.45, 2.75) is 13.0 Å². The van der Waals surface area contributed by atoms with E-state index in [-0.39, 0.29) is 6.01 Å². The number of halogens is 3. The molecule has 90 valence electrons. The molecule has 0 atom stereocenters. The monoisotopic (exact) mass is 259 g/mol. The number of rotatable bonds is 4. The first-order valence-electron chi connectivity index (χ1n) is 4.74. The van der Waals surface area contributed by atoms with Gasteiger partial charge in [-0.05, 0) is 18.2 Å². The Balaban J connectivity index is 2.06. The molecule has 1 aromatic heterocycles. The van der Waals surface area contributed by atoms with Crippen LogP contribution < -0.4 is 4.74 Å². The molecule has 0 aliphatic rings. The number of nitrogens with zero attached hydrogens (tertiary/aromatic N) is 3. The lowest BCUT2D eigenvalue weighted by Crippen LogP contribution is -2.06. The molecule has 1 aromatic carbocycles. The summed E-state index contributed by atoms with van der Waals surface area (Å²) < 4.78 is 30.4. The molecule has 7 heteroatoms. The van der Waals surface area contributed by atoms with Crippen molar-refractivity contribution in [3.8, 4) is 11.8 Å². The molecule has 0 saturated heterocycles. The van der Waals surface area contributed by atoms with Crippen molar-refractivity contribution in [1.82, 2.24) is 14.8 Å². The van der Waals surface area contributed by atoms with Gasteiger partial charge in [-0.3, -0.25) is 0 Å². The summed E-state index contributed by atoms with van der Waals surface area (Å²) in [6.07, 6.45) is -1.29. The average molecular weight is 260 g/mol. The molecule has 0 fully saturated rings. The highest BCUT2D eigenvalue weighted by molar-refractivity contribution is 6.30. The Hall–Kier alpha value is -1.69. The number of alkyl halides is 2. The molecule has 2 rings (SSSR count). The summed E-state index contributed by atoms with van der Waals surface area (Å²) in [4.78, 5) is 3.75. The Kier molecular flexibility index (Phi) is 3.53. The Bertz CT molecular complexity index is 504. The van der Waals surface area contributed by atoms with Crippen LogP contribution in [0.2, 0.25) is 5.02 Å². The van der Waals surface area contributed by atoms with E-state index in [1.54, 1.807) is 24.3 Å². The quantitative estimate of drug-likeness (QED) is 0.847. The molecule has 1 heterocycles. The fourth-order valence-corrected chi connectivity index (χ4v) is 1.37. The van der Waals surface area contributed by atoms with Crippen LogP contribution in [-0.2, 0) is 6.54 Å². The second kappa shape index (κ2) is 5.09. The van der Waals surface area contributed by atoms with Crippen LogP contribution >= 0.6 is 11.6 Å². The third kappa shape index (κ3) is 3.39. The van der Waals surface area contributed by atoms with Crippen LogP contribution in [0.25, 0.3) is 0 Å². The minimum atomic E-state index is -2.48. The molecule has 0 N–H and O–H groups in total. The van der Waals surface area contributed by atoms with Gasteiger partial charge in [0.25, 0.3) is 6.43 Å². The molecule has 0 spiro atoms. The van der Waals surface area contributed by atoms with Gasteiger partial charge in [-0.15, -0.1) is 5.10 Å². The lowest BCUT2D eigenvalue weighted by atomic mass is 10.3. The van der Waals surface area contributed by atoms with Gasteiger partial charge >= 0.3 is 6.01 Å². The smallest absolute Gasteiger partial charge is 0.340 e. The van der Waals surface area contributed by atoms with Crippen LogP contribution in [0, 0.1) is 0 Å². The van der Waals surface area contributed by atoms with Crippen LogP contribution in [0.5, 0.6) is 11.8 Å². The highest BCUT2D eigenvalue weighted by Crippen LogP contribution is 2.21. The van der Waals surface area contributed by atoms with E-state index >= 15 is 0 Å². The Morgan fingerprint density at radius 3 is 2.94 bits per heavy atom. The van der Waals surface area contributed by atoms with E-state index in [1.165, 1.54) is 6.33 Å². The van der Waals surface area contributed by atoms with Crippen molar-refractivity contribution in [1.29, 1.82) is 0 Å². The molecular weight excluding hydrogens is 252 g/mol. The fourth-order valence-electron chi connectivity index (χ4n) is 1.19. The van der Waals surface area contributed by atoms with E-state index in [4.69, 9.17) is 16.3 Å². The van der Waals surface area contributed by atoms with Gasteiger partial charge in [0.05, 0.1) is 0 Å². The summed E-state index contributed by atoms with van der Waals surface area (Å²) in [6, 6.07) is 6.65. The second-order valence-corrected chi connectivity index (χ2v) is 3.64. The summed E-state index contributed by atoms with van der Waals surface area (Å²) in [5.74, 6) is 0.451. The van der Waals surface area contributed by atoms with E-state index < -0.39 is 13.0 Å². The molecule has 0 unspecified atom stereocenters. The van der Waals surface area contributed by atoms with Crippen molar-refractivity contribution in [2.24, 2.45) is 0 Å². The summed E-state index contributed by atoms with van der Waals surface area (Å²) >= 11 is 5.76.